The van der Waals surface area contributed by atoms with Crippen LogP contribution in [0, 0.1) is 0 Å². The van der Waals surface area contributed by atoms with Crippen molar-refractivity contribution in [2.24, 2.45) is 5.73 Å². The van der Waals surface area contributed by atoms with E-state index in [1.54, 1.807) is 0 Å². The van der Waals surface area contributed by atoms with Crippen molar-refractivity contribution in [3.8, 4) is 0 Å². The fourth-order valence-corrected chi connectivity index (χ4v) is 4.03. The average Bonchev–Trinajstić information content (AvgIpc) is 3.07. The van der Waals surface area contributed by atoms with E-state index in [1.165, 1.54) is 0 Å². The first-order valence-electron chi connectivity index (χ1n) is 5.92. The molecule has 1 saturated carbocycles. The molecule has 0 aromatic heterocycles. The summed E-state index contributed by atoms with van der Waals surface area (Å²) in [4.78, 5) is 0. The molecule has 92 valence electrons. The first-order chi connectivity index (χ1) is 8.08. The van der Waals surface area contributed by atoms with Gasteiger partial charge in [-0.05, 0) is 30.4 Å². The highest BCUT2D eigenvalue weighted by atomic mass is 32.2. The van der Waals surface area contributed by atoms with Gasteiger partial charge in [0.25, 0.3) is 0 Å². The second-order valence-corrected chi connectivity index (χ2v) is 6.90. The van der Waals surface area contributed by atoms with Crippen LogP contribution in [-0.2, 0) is 16.4 Å². The van der Waals surface area contributed by atoms with Gasteiger partial charge in [0.05, 0.1) is 11.3 Å². The second kappa shape index (κ2) is 3.80. The van der Waals surface area contributed by atoms with Crippen molar-refractivity contribution in [2.75, 3.05) is 0 Å². The number of rotatable bonds is 3. The van der Waals surface area contributed by atoms with E-state index in [4.69, 9.17) is 5.73 Å². The fourth-order valence-electron chi connectivity index (χ4n) is 2.43. The molecule has 3 N–H and O–H groups in total. The Balaban J connectivity index is 1.88. The van der Waals surface area contributed by atoms with Crippen molar-refractivity contribution >= 4 is 10.0 Å². The van der Waals surface area contributed by atoms with E-state index < -0.39 is 10.0 Å². The highest BCUT2D eigenvalue weighted by Crippen LogP contribution is 2.34. The van der Waals surface area contributed by atoms with Gasteiger partial charge in [-0.2, -0.15) is 0 Å². The quantitative estimate of drug-likeness (QED) is 0.831. The van der Waals surface area contributed by atoms with Crippen LogP contribution in [0.3, 0.4) is 0 Å². The number of nitrogens with two attached hydrogens (primary N) is 1. The van der Waals surface area contributed by atoms with Crippen molar-refractivity contribution < 1.29 is 8.42 Å². The molecule has 2 aliphatic carbocycles. The summed E-state index contributed by atoms with van der Waals surface area (Å²) < 4.78 is 26.6. The van der Waals surface area contributed by atoms with Gasteiger partial charge in [-0.25, -0.2) is 13.1 Å². The van der Waals surface area contributed by atoms with E-state index in [2.05, 4.69) is 4.72 Å². The van der Waals surface area contributed by atoms with Crippen molar-refractivity contribution in [1.29, 1.82) is 0 Å². The lowest BCUT2D eigenvalue weighted by atomic mass is 10.1. The summed E-state index contributed by atoms with van der Waals surface area (Å²) in [7, 11) is -3.18. The summed E-state index contributed by atoms with van der Waals surface area (Å²) in [5.41, 5.74) is 8.22. The van der Waals surface area contributed by atoms with E-state index >= 15 is 0 Å². The van der Waals surface area contributed by atoms with Gasteiger partial charge in [0.2, 0.25) is 10.0 Å². The maximum absolute atomic E-state index is 11.9. The van der Waals surface area contributed by atoms with E-state index in [-0.39, 0.29) is 17.3 Å². The SMILES string of the molecule is NC1Cc2ccccc2C1NS(=O)(=O)C1CC1. The van der Waals surface area contributed by atoms with Gasteiger partial charge in [0, 0.05) is 6.04 Å². The van der Waals surface area contributed by atoms with E-state index in [0.29, 0.717) is 0 Å². The molecule has 5 heteroatoms. The summed E-state index contributed by atoms with van der Waals surface area (Å²) in [5.74, 6) is 0. The predicted molar refractivity (Wildman–Crippen MR) is 65.9 cm³/mol. The molecule has 0 bridgehead atoms. The highest BCUT2D eigenvalue weighted by molar-refractivity contribution is 7.90. The van der Waals surface area contributed by atoms with Gasteiger partial charge in [-0.3, -0.25) is 0 Å². The van der Waals surface area contributed by atoms with Crippen molar-refractivity contribution in [3.63, 3.8) is 0 Å². The Hall–Kier alpha value is -0.910. The Labute approximate surface area is 101 Å². The molecule has 0 aliphatic heterocycles. The second-order valence-electron chi connectivity index (χ2n) is 4.91. The van der Waals surface area contributed by atoms with Crippen molar-refractivity contribution in [1.82, 2.24) is 4.72 Å². The minimum Gasteiger partial charge on any atom is -0.326 e. The van der Waals surface area contributed by atoms with E-state index in [0.717, 1.165) is 30.4 Å². The number of sulfonamides is 1. The number of fused-ring (bicyclic) bond motifs is 1. The molecule has 1 aromatic carbocycles. The number of nitrogens with one attached hydrogen (secondary N) is 1. The lowest BCUT2D eigenvalue weighted by Gasteiger charge is -2.18. The van der Waals surface area contributed by atoms with Crippen LogP contribution in [0.1, 0.15) is 30.0 Å². The number of hydrogen-bond donors (Lipinski definition) is 2. The zero-order valence-corrected chi connectivity index (χ0v) is 10.3. The van der Waals surface area contributed by atoms with Gasteiger partial charge in [-0.1, -0.05) is 24.3 Å². The van der Waals surface area contributed by atoms with Gasteiger partial charge in [0.15, 0.2) is 0 Å². The van der Waals surface area contributed by atoms with Gasteiger partial charge < -0.3 is 5.73 Å². The topological polar surface area (TPSA) is 72.2 Å². The zero-order valence-electron chi connectivity index (χ0n) is 9.46. The van der Waals surface area contributed by atoms with Crippen LogP contribution in [0.25, 0.3) is 0 Å². The molecule has 0 saturated heterocycles. The molecule has 2 atom stereocenters. The molecule has 3 rings (SSSR count). The summed E-state index contributed by atoms with van der Waals surface area (Å²) in [6, 6.07) is 7.46. The largest absolute Gasteiger partial charge is 0.326 e. The Bertz CT molecular complexity index is 537. The van der Waals surface area contributed by atoms with Crippen LogP contribution in [0.15, 0.2) is 24.3 Å². The Morgan fingerprint density at radius 3 is 2.65 bits per heavy atom. The first kappa shape index (κ1) is 11.2. The molecule has 1 aromatic rings. The van der Waals surface area contributed by atoms with Crippen LogP contribution >= 0.6 is 0 Å². The van der Waals surface area contributed by atoms with Crippen LogP contribution in [0.4, 0.5) is 0 Å². The Morgan fingerprint density at radius 1 is 1.24 bits per heavy atom. The maximum Gasteiger partial charge on any atom is 0.215 e. The van der Waals surface area contributed by atoms with Crippen LogP contribution in [0.2, 0.25) is 0 Å². The van der Waals surface area contributed by atoms with Gasteiger partial charge in [-0.15, -0.1) is 0 Å². The maximum atomic E-state index is 11.9. The third-order valence-corrected chi connectivity index (χ3v) is 5.46. The minimum absolute atomic E-state index is 0.152. The summed E-state index contributed by atoms with van der Waals surface area (Å²) >= 11 is 0. The van der Waals surface area contributed by atoms with Crippen LogP contribution in [-0.4, -0.2) is 19.7 Å². The molecule has 0 spiro atoms. The smallest absolute Gasteiger partial charge is 0.215 e. The molecule has 17 heavy (non-hydrogen) atoms. The Morgan fingerprint density at radius 2 is 1.94 bits per heavy atom. The van der Waals surface area contributed by atoms with Crippen molar-refractivity contribution in [3.05, 3.63) is 35.4 Å². The monoisotopic (exact) mass is 252 g/mol. The van der Waals surface area contributed by atoms with Gasteiger partial charge in [0.1, 0.15) is 0 Å². The average molecular weight is 252 g/mol. The normalized spacial score (nSPS) is 28.1. The molecule has 0 heterocycles. The van der Waals surface area contributed by atoms with Crippen LogP contribution in [0.5, 0.6) is 0 Å². The number of benzene rings is 1. The third kappa shape index (κ3) is 1.99. The molecule has 0 amide bonds. The molecule has 2 aliphatic rings. The van der Waals surface area contributed by atoms with E-state index in [9.17, 15) is 8.42 Å². The number of hydrogen-bond acceptors (Lipinski definition) is 3. The van der Waals surface area contributed by atoms with Crippen LogP contribution < -0.4 is 10.5 Å². The third-order valence-electron chi connectivity index (χ3n) is 3.53. The lowest BCUT2D eigenvalue weighted by molar-refractivity contribution is 0.517. The highest BCUT2D eigenvalue weighted by Gasteiger charge is 2.40. The molecule has 4 nitrogen and oxygen atoms in total. The summed E-state index contributed by atoms with van der Waals surface area (Å²) in [5, 5.41) is -0.192. The van der Waals surface area contributed by atoms with E-state index in [1.807, 2.05) is 24.3 Å². The van der Waals surface area contributed by atoms with Gasteiger partial charge >= 0.3 is 0 Å². The van der Waals surface area contributed by atoms with Crippen molar-refractivity contribution in [2.45, 2.75) is 36.6 Å². The predicted octanol–water partition coefficient (Wildman–Crippen LogP) is 0.693. The Kier molecular flexibility index (Phi) is 2.50. The molecule has 0 radical (unpaired) electrons. The lowest BCUT2D eigenvalue weighted by Crippen LogP contribution is -2.39. The summed E-state index contributed by atoms with van der Waals surface area (Å²) in [6.07, 6.45) is 2.30. The molecular weight excluding hydrogens is 236 g/mol. The molecule has 1 fully saturated rings. The zero-order chi connectivity index (χ0) is 12.0. The molecular formula is C12H16N2O2S. The first-order valence-corrected chi connectivity index (χ1v) is 7.47. The standard InChI is InChI=1S/C12H16N2O2S/c13-11-7-8-3-1-2-4-10(8)12(11)14-17(15,16)9-5-6-9/h1-4,9,11-12,14H,5-7,13H2. The minimum atomic E-state index is -3.18. The fraction of sp³-hybridized carbons (Fsp3) is 0.500. The summed E-state index contributed by atoms with van der Waals surface area (Å²) in [6.45, 7) is 0. The molecule has 2 unspecified atom stereocenters.